The fourth-order valence-electron chi connectivity index (χ4n) is 3.89. The van der Waals surface area contributed by atoms with Crippen LogP contribution in [0.2, 0.25) is 0 Å². The van der Waals surface area contributed by atoms with E-state index in [-0.39, 0.29) is 6.61 Å². The molecule has 0 unspecified atom stereocenters. The van der Waals surface area contributed by atoms with Gasteiger partial charge in [-0.05, 0) is 53.7 Å². The van der Waals surface area contributed by atoms with Crippen molar-refractivity contribution < 1.29 is 10.2 Å². The van der Waals surface area contributed by atoms with Crippen LogP contribution in [0.15, 0.2) is 36.4 Å². The molecule has 0 spiro atoms. The molecular formula is C20H30O2. The van der Waals surface area contributed by atoms with E-state index in [0.29, 0.717) is 23.7 Å². The van der Waals surface area contributed by atoms with Crippen molar-refractivity contribution in [3.05, 3.63) is 42.0 Å². The summed E-state index contributed by atoms with van der Waals surface area (Å²) in [6, 6.07) is 9.86. The number of hydrogen-bond acceptors (Lipinski definition) is 2. The van der Waals surface area contributed by atoms with Crippen LogP contribution in [0.1, 0.15) is 45.6 Å². The molecular weight excluding hydrogens is 272 g/mol. The summed E-state index contributed by atoms with van der Waals surface area (Å²) in [4.78, 5) is 0. The van der Waals surface area contributed by atoms with E-state index in [0.717, 1.165) is 17.6 Å². The lowest BCUT2D eigenvalue weighted by molar-refractivity contribution is 0.0427. The number of aliphatic hydroxyl groups excluding tert-OH is 2. The van der Waals surface area contributed by atoms with Crippen molar-refractivity contribution in [1.29, 1.82) is 0 Å². The average Bonchev–Trinajstić information content (AvgIpc) is 2.52. The van der Waals surface area contributed by atoms with E-state index >= 15 is 0 Å². The summed E-state index contributed by atoms with van der Waals surface area (Å²) in [5, 5.41) is 20.5. The molecule has 1 aromatic carbocycles. The Morgan fingerprint density at radius 1 is 1.18 bits per heavy atom. The molecule has 1 aliphatic carbocycles. The minimum Gasteiger partial charge on any atom is -0.392 e. The molecule has 2 rings (SSSR count). The first-order valence-electron chi connectivity index (χ1n) is 8.58. The maximum atomic E-state index is 10.8. The van der Waals surface area contributed by atoms with Crippen LogP contribution in [-0.2, 0) is 0 Å². The van der Waals surface area contributed by atoms with Gasteiger partial charge < -0.3 is 10.2 Å². The van der Waals surface area contributed by atoms with Crippen LogP contribution < -0.4 is 0 Å². The molecule has 2 heteroatoms. The normalized spacial score (nSPS) is 27.9. The summed E-state index contributed by atoms with van der Waals surface area (Å²) in [7, 11) is 0. The van der Waals surface area contributed by atoms with Gasteiger partial charge in [0.2, 0.25) is 0 Å². The van der Waals surface area contributed by atoms with Gasteiger partial charge in [-0.3, -0.25) is 0 Å². The summed E-state index contributed by atoms with van der Waals surface area (Å²) >= 11 is 0. The van der Waals surface area contributed by atoms with Gasteiger partial charge >= 0.3 is 0 Å². The predicted molar refractivity (Wildman–Crippen MR) is 92.3 cm³/mol. The number of aliphatic hydroxyl groups is 2. The van der Waals surface area contributed by atoms with Gasteiger partial charge in [0.05, 0.1) is 12.7 Å². The Kier molecular flexibility index (Phi) is 6.22. The zero-order chi connectivity index (χ0) is 16.1. The predicted octanol–water partition coefficient (Wildman–Crippen LogP) is 4.13. The summed E-state index contributed by atoms with van der Waals surface area (Å²) in [6.07, 6.45) is 4.95. The van der Waals surface area contributed by atoms with E-state index in [1.807, 2.05) is 36.4 Å². The first-order valence-corrected chi connectivity index (χ1v) is 8.58. The van der Waals surface area contributed by atoms with Crippen LogP contribution in [0.5, 0.6) is 0 Å². The van der Waals surface area contributed by atoms with Gasteiger partial charge in [-0.15, -0.1) is 0 Å². The first kappa shape index (κ1) is 17.2. The molecule has 1 aromatic rings. The average molecular weight is 302 g/mol. The van der Waals surface area contributed by atoms with Crippen molar-refractivity contribution in [2.24, 2.45) is 23.7 Å². The maximum absolute atomic E-state index is 10.8. The highest BCUT2D eigenvalue weighted by atomic mass is 16.3. The van der Waals surface area contributed by atoms with E-state index in [1.165, 1.54) is 12.8 Å². The van der Waals surface area contributed by atoms with Gasteiger partial charge in [0.15, 0.2) is 0 Å². The third-order valence-electron chi connectivity index (χ3n) is 5.20. The largest absolute Gasteiger partial charge is 0.392 e. The zero-order valence-corrected chi connectivity index (χ0v) is 14.1. The smallest absolute Gasteiger partial charge is 0.0758 e. The molecule has 0 heterocycles. The minimum absolute atomic E-state index is 0.0321. The Bertz CT molecular complexity index is 478. The molecule has 0 amide bonds. The summed E-state index contributed by atoms with van der Waals surface area (Å²) in [5.74, 6) is 2.14. The molecule has 0 aliphatic heterocycles. The molecule has 1 fully saturated rings. The molecule has 0 saturated heterocycles. The van der Waals surface area contributed by atoms with Crippen molar-refractivity contribution in [3.63, 3.8) is 0 Å². The van der Waals surface area contributed by atoms with Crippen molar-refractivity contribution in [1.82, 2.24) is 0 Å². The van der Waals surface area contributed by atoms with E-state index in [4.69, 9.17) is 0 Å². The monoisotopic (exact) mass is 302 g/mol. The maximum Gasteiger partial charge on any atom is 0.0758 e. The first-order chi connectivity index (χ1) is 10.5. The molecule has 2 nitrogen and oxygen atoms in total. The Morgan fingerprint density at radius 2 is 1.86 bits per heavy atom. The number of hydrogen-bond donors (Lipinski definition) is 2. The van der Waals surface area contributed by atoms with Gasteiger partial charge in [-0.2, -0.15) is 0 Å². The highest BCUT2D eigenvalue weighted by Crippen LogP contribution is 2.40. The Labute approximate surface area is 134 Å². The molecule has 22 heavy (non-hydrogen) atoms. The highest BCUT2D eigenvalue weighted by Gasteiger charge is 2.34. The summed E-state index contributed by atoms with van der Waals surface area (Å²) in [6.45, 7) is 6.77. The topological polar surface area (TPSA) is 40.5 Å². The van der Waals surface area contributed by atoms with E-state index in [1.54, 1.807) is 0 Å². The Hall–Kier alpha value is -1.12. The van der Waals surface area contributed by atoms with Crippen LogP contribution in [0, 0.1) is 23.7 Å². The highest BCUT2D eigenvalue weighted by molar-refractivity contribution is 5.66. The van der Waals surface area contributed by atoms with Gasteiger partial charge in [0.1, 0.15) is 0 Å². The second kappa shape index (κ2) is 7.94. The number of benzene rings is 1. The van der Waals surface area contributed by atoms with Gasteiger partial charge in [0, 0.05) is 0 Å². The molecule has 0 aromatic heterocycles. The van der Waals surface area contributed by atoms with Crippen LogP contribution in [0.4, 0.5) is 0 Å². The van der Waals surface area contributed by atoms with Gasteiger partial charge in [-0.25, -0.2) is 0 Å². The van der Waals surface area contributed by atoms with E-state index in [2.05, 4.69) is 20.8 Å². The summed E-state index contributed by atoms with van der Waals surface area (Å²) in [5.41, 5.74) is 1.82. The van der Waals surface area contributed by atoms with Crippen LogP contribution in [0.3, 0.4) is 0 Å². The van der Waals surface area contributed by atoms with Crippen LogP contribution >= 0.6 is 0 Å². The van der Waals surface area contributed by atoms with Crippen LogP contribution in [-0.4, -0.2) is 22.9 Å². The second-order valence-electron chi connectivity index (χ2n) is 7.20. The third-order valence-corrected chi connectivity index (χ3v) is 5.20. The lowest BCUT2D eigenvalue weighted by atomic mass is 9.68. The van der Waals surface area contributed by atoms with Crippen molar-refractivity contribution in [3.8, 4) is 0 Å². The minimum atomic E-state index is -0.475. The zero-order valence-electron chi connectivity index (χ0n) is 14.1. The molecule has 0 bridgehead atoms. The quantitative estimate of drug-likeness (QED) is 0.858. The number of rotatable bonds is 5. The molecule has 2 N–H and O–H groups in total. The Balaban J connectivity index is 2.20. The van der Waals surface area contributed by atoms with Crippen molar-refractivity contribution in [2.45, 2.75) is 46.1 Å². The molecule has 1 saturated carbocycles. The van der Waals surface area contributed by atoms with E-state index in [9.17, 15) is 10.2 Å². The molecule has 4 atom stereocenters. The Morgan fingerprint density at radius 3 is 2.45 bits per heavy atom. The standard InChI is InChI=1S/C20H30O2/c1-14(2)18-10-9-15(3)11-19(18)20(22)12-17(13-21)16-7-5-4-6-8-16/h4-8,12,14-15,18-22H,9-11,13H2,1-3H3/b17-12+/t15-,18+,19-,20-/m1/s1. The third kappa shape index (κ3) is 4.21. The fraction of sp³-hybridized carbons (Fsp3) is 0.600. The summed E-state index contributed by atoms with van der Waals surface area (Å²) < 4.78 is 0. The van der Waals surface area contributed by atoms with Gasteiger partial charge in [-0.1, -0.05) is 57.5 Å². The van der Waals surface area contributed by atoms with Crippen molar-refractivity contribution in [2.75, 3.05) is 6.61 Å². The fourth-order valence-corrected chi connectivity index (χ4v) is 3.89. The lowest BCUT2D eigenvalue weighted by Gasteiger charge is -2.39. The molecule has 1 aliphatic rings. The lowest BCUT2D eigenvalue weighted by Crippen LogP contribution is -2.35. The SMILES string of the molecule is CC(C)[C@@H]1CC[C@@H](C)C[C@H]1[C@H](O)/C=C(\CO)c1ccccc1. The van der Waals surface area contributed by atoms with Crippen LogP contribution in [0.25, 0.3) is 5.57 Å². The molecule has 0 radical (unpaired) electrons. The second-order valence-corrected chi connectivity index (χ2v) is 7.20. The van der Waals surface area contributed by atoms with E-state index < -0.39 is 6.10 Å². The van der Waals surface area contributed by atoms with Crippen molar-refractivity contribution >= 4 is 5.57 Å². The van der Waals surface area contributed by atoms with Gasteiger partial charge in [0.25, 0.3) is 0 Å². The molecule has 122 valence electrons.